The standard InChI is InChI=1S/C14H16BrClIN3O/c1-19(2)5-6-20-13(10(15)8-18-20)14(21)9-3-4-12(17)11(16)7-9/h3-4,7-8,14,21H,5-6H2,1-2H3. The summed E-state index contributed by atoms with van der Waals surface area (Å²) in [6, 6.07) is 5.58. The van der Waals surface area contributed by atoms with E-state index in [2.05, 4.69) is 48.5 Å². The normalized spacial score (nSPS) is 12.9. The molecule has 0 spiro atoms. The van der Waals surface area contributed by atoms with Crippen molar-refractivity contribution in [2.75, 3.05) is 20.6 Å². The van der Waals surface area contributed by atoms with Crippen LogP contribution >= 0.6 is 50.1 Å². The minimum atomic E-state index is -0.765. The van der Waals surface area contributed by atoms with Crippen molar-refractivity contribution >= 4 is 50.1 Å². The zero-order valence-corrected chi connectivity index (χ0v) is 16.2. The monoisotopic (exact) mass is 483 g/mol. The van der Waals surface area contributed by atoms with Crippen LogP contribution in [0.2, 0.25) is 5.02 Å². The average Bonchev–Trinajstić information content (AvgIpc) is 2.80. The second-order valence-corrected chi connectivity index (χ2v) is 7.40. The number of hydrogen-bond acceptors (Lipinski definition) is 3. The number of aromatic nitrogens is 2. The predicted molar refractivity (Wildman–Crippen MR) is 96.7 cm³/mol. The summed E-state index contributed by atoms with van der Waals surface area (Å²) in [5, 5.41) is 15.6. The van der Waals surface area contributed by atoms with E-state index in [4.69, 9.17) is 11.6 Å². The highest BCUT2D eigenvalue weighted by molar-refractivity contribution is 14.1. The van der Waals surface area contributed by atoms with Crippen LogP contribution in [0.5, 0.6) is 0 Å². The molecule has 1 atom stereocenters. The molecule has 2 rings (SSSR count). The van der Waals surface area contributed by atoms with E-state index in [1.807, 2.05) is 30.9 Å². The molecule has 0 saturated carbocycles. The van der Waals surface area contributed by atoms with Gasteiger partial charge in [0.05, 0.1) is 27.9 Å². The molecular weight excluding hydrogens is 468 g/mol. The van der Waals surface area contributed by atoms with Crippen LogP contribution in [0.4, 0.5) is 0 Å². The maximum absolute atomic E-state index is 10.7. The molecule has 1 aromatic carbocycles. The summed E-state index contributed by atoms with van der Waals surface area (Å²) in [5.41, 5.74) is 1.50. The van der Waals surface area contributed by atoms with Gasteiger partial charge in [-0.3, -0.25) is 4.68 Å². The van der Waals surface area contributed by atoms with E-state index in [-0.39, 0.29) is 0 Å². The Labute approximate surface area is 151 Å². The Morgan fingerprint density at radius 1 is 1.48 bits per heavy atom. The smallest absolute Gasteiger partial charge is 0.122 e. The third-order valence-corrected chi connectivity index (χ3v) is 5.29. The van der Waals surface area contributed by atoms with Crippen LogP contribution < -0.4 is 0 Å². The molecule has 1 aromatic heterocycles. The van der Waals surface area contributed by atoms with Crippen molar-refractivity contribution in [3.8, 4) is 0 Å². The minimum Gasteiger partial charge on any atom is -0.382 e. The molecule has 1 heterocycles. The molecule has 4 nitrogen and oxygen atoms in total. The van der Waals surface area contributed by atoms with Gasteiger partial charge in [0.25, 0.3) is 0 Å². The molecule has 0 aliphatic carbocycles. The molecule has 0 amide bonds. The highest BCUT2D eigenvalue weighted by Gasteiger charge is 2.20. The van der Waals surface area contributed by atoms with Crippen LogP contribution in [-0.2, 0) is 6.54 Å². The fourth-order valence-electron chi connectivity index (χ4n) is 1.96. The van der Waals surface area contributed by atoms with Gasteiger partial charge >= 0.3 is 0 Å². The second kappa shape index (κ2) is 7.41. The third-order valence-electron chi connectivity index (χ3n) is 3.11. The third kappa shape index (κ3) is 4.19. The van der Waals surface area contributed by atoms with Gasteiger partial charge in [-0.25, -0.2) is 0 Å². The first-order chi connectivity index (χ1) is 9.90. The van der Waals surface area contributed by atoms with Crippen molar-refractivity contribution in [1.82, 2.24) is 14.7 Å². The van der Waals surface area contributed by atoms with E-state index in [9.17, 15) is 5.11 Å². The molecule has 7 heteroatoms. The van der Waals surface area contributed by atoms with Gasteiger partial charge in [-0.05, 0) is 70.3 Å². The topological polar surface area (TPSA) is 41.3 Å². The van der Waals surface area contributed by atoms with E-state index in [0.717, 1.165) is 25.8 Å². The average molecular weight is 485 g/mol. The number of likely N-dealkylation sites (N-methyl/N-ethyl adjacent to an activating group) is 1. The lowest BCUT2D eigenvalue weighted by molar-refractivity contribution is 0.205. The molecule has 0 aliphatic heterocycles. The van der Waals surface area contributed by atoms with Crippen molar-refractivity contribution < 1.29 is 5.11 Å². The molecular formula is C14H16BrClIN3O. The van der Waals surface area contributed by atoms with Crippen molar-refractivity contribution in [3.05, 3.63) is 48.7 Å². The molecule has 21 heavy (non-hydrogen) atoms. The molecule has 0 aliphatic rings. The molecule has 1 N–H and O–H groups in total. The Morgan fingerprint density at radius 3 is 2.81 bits per heavy atom. The van der Waals surface area contributed by atoms with Gasteiger partial charge in [0.15, 0.2) is 0 Å². The highest BCUT2D eigenvalue weighted by Crippen LogP contribution is 2.31. The number of aliphatic hydroxyl groups excluding tert-OH is 1. The maximum atomic E-state index is 10.7. The Hall–Kier alpha value is -0.150. The van der Waals surface area contributed by atoms with Crippen molar-refractivity contribution in [2.24, 2.45) is 0 Å². The first-order valence-electron chi connectivity index (χ1n) is 6.39. The number of rotatable bonds is 5. The summed E-state index contributed by atoms with van der Waals surface area (Å²) in [6.07, 6.45) is 0.946. The zero-order chi connectivity index (χ0) is 15.6. The van der Waals surface area contributed by atoms with Crippen LogP contribution in [0.25, 0.3) is 0 Å². The summed E-state index contributed by atoms with van der Waals surface area (Å²) in [4.78, 5) is 2.08. The van der Waals surface area contributed by atoms with Gasteiger partial charge in [0.2, 0.25) is 0 Å². The Balaban J connectivity index is 2.31. The molecule has 0 fully saturated rings. The van der Waals surface area contributed by atoms with Crippen LogP contribution in [0, 0.1) is 3.57 Å². The number of halogens is 3. The highest BCUT2D eigenvalue weighted by atomic mass is 127. The quantitative estimate of drug-likeness (QED) is 0.660. The van der Waals surface area contributed by atoms with E-state index in [1.54, 1.807) is 12.3 Å². The Morgan fingerprint density at radius 2 is 2.19 bits per heavy atom. The van der Waals surface area contributed by atoms with Crippen LogP contribution in [0.15, 0.2) is 28.9 Å². The summed E-state index contributed by atoms with van der Waals surface area (Å²) in [6.45, 7) is 1.56. The van der Waals surface area contributed by atoms with E-state index in [1.165, 1.54) is 0 Å². The Kier molecular flexibility index (Phi) is 6.07. The summed E-state index contributed by atoms with van der Waals surface area (Å²) in [5.74, 6) is 0. The van der Waals surface area contributed by atoms with Gasteiger partial charge < -0.3 is 10.0 Å². The van der Waals surface area contributed by atoms with Gasteiger partial charge in [-0.1, -0.05) is 17.7 Å². The molecule has 114 valence electrons. The number of aliphatic hydroxyl groups is 1. The lowest BCUT2D eigenvalue weighted by atomic mass is 10.1. The first-order valence-corrected chi connectivity index (χ1v) is 8.64. The summed E-state index contributed by atoms with van der Waals surface area (Å²) in [7, 11) is 4.01. The molecule has 0 saturated heterocycles. The van der Waals surface area contributed by atoms with Gasteiger partial charge in [-0.15, -0.1) is 0 Å². The predicted octanol–water partition coefficient (Wildman–Crippen LogP) is 3.55. The van der Waals surface area contributed by atoms with E-state index in [0.29, 0.717) is 11.6 Å². The minimum absolute atomic E-state index is 0.641. The largest absolute Gasteiger partial charge is 0.382 e. The van der Waals surface area contributed by atoms with Gasteiger partial charge in [-0.2, -0.15) is 5.10 Å². The number of nitrogens with zero attached hydrogens (tertiary/aromatic N) is 3. The lowest BCUT2D eigenvalue weighted by Crippen LogP contribution is -2.21. The van der Waals surface area contributed by atoms with Crippen LogP contribution in [-0.4, -0.2) is 40.4 Å². The van der Waals surface area contributed by atoms with E-state index >= 15 is 0 Å². The second-order valence-electron chi connectivity index (χ2n) is 4.98. The number of benzene rings is 1. The maximum Gasteiger partial charge on any atom is 0.122 e. The van der Waals surface area contributed by atoms with Crippen molar-refractivity contribution in [2.45, 2.75) is 12.6 Å². The first kappa shape index (κ1) is 17.2. The molecule has 1 unspecified atom stereocenters. The van der Waals surface area contributed by atoms with Crippen molar-refractivity contribution in [1.29, 1.82) is 0 Å². The molecule has 0 bridgehead atoms. The fraction of sp³-hybridized carbons (Fsp3) is 0.357. The fourth-order valence-corrected chi connectivity index (χ4v) is 2.99. The summed E-state index contributed by atoms with van der Waals surface area (Å²) >= 11 is 11.8. The van der Waals surface area contributed by atoms with Crippen LogP contribution in [0.3, 0.4) is 0 Å². The van der Waals surface area contributed by atoms with Gasteiger partial charge in [0, 0.05) is 10.1 Å². The van der Waals surface area contributed by atoms with Crippen LogP contribution in [0.1, 0.15) is 17.4 Å². The SMILES string of the molecule is CN(C)CCn1ncc(Br)c1C(O)c1ccc(I)c(Cl)c1. The number of hydrogen-bond donors (Lipinski definition) is 1. The van der Waals surface area contributed by atoms with Gasteiger partial charge in [0.1, 0.15) is 6.10 Å². The Bertz CT molecular complexity index is 633. The summed E-state index contributed by atoms with van der Waals surface area (Å²) < 4.78 is 3.58. The van der Waals surface area contributed by atoms with Crippen molar-refractivity contribution in [3.63, 3.8) is 0 Å². The van der Waals surface area contributed by atoms with E-state index < -0.39 is 6.10 Å². The molecule has 2 aromatic rings. The molecule has 0 radical (unpaired) electrons. The lowest BCUT2D eigenvalue weighted by Gasteiger charge is -2.17. The zero-order valence-electron chi connectivity index (χ0n) is 11.7.